The Morgan fingerprint density at radius 1 is 0.519 bits per heavy atom. The van der Waals surface area contributed by atoms with Gasteiger partial charge in [0.15, 0.2) is 0 Å². The normalized spacial score (nSPS) is 11.3. The van der Waals surface area contributed by atoms with Crippen LogP contribution in [0.15, 0.2) is 86.0 Å². The highest BCUT2D eigenvalue weighted by atomic mass is 28.3. The van der Waals surface area contributed by atoms with E-state index in [0.717, 1.165) is 11.1 Å². The van der Waals surface area contributed by atoms with Crippen molar-refractivity contribution in [1.29, 1.82) is 0 Å². The van der Waals surface area contributed by atoms with E-state index in [1.807, 2.05) is 73.8 Å². The molecule has 0 bridgehead atoms. The lowest BCUT2D eigenvalue weighted by Gasteiger charge is -2.28. The van der Waals surface area contributed by atoms with E-state index in [-0.39, 0.29) is 0 Å². The van der Waals surface area contributed by atoms with Gasteiger partial charge in [0.1, 0.15) is 8.07 Å². The molecule has 132 valence electrons. The molecule has 0 atom stereocenters. The number of nitrogens with zero attached hydrogens (tertiary/aromatic N) is 4. The predicted molar refractivity (Wildman–Crippen MR) is 112 cm³/mol. The van der Waals surface area contributed by atoms with E-state index in [2.05, 4.69) is 45.2 Å². The van der Waals surface area contributed by atoms with Crippen molar-refractivity contribution in [3.05, 3.63) is 86.0 Å². The van der Waals surface area contributed by atoms with Gasteiger partial charge < -0.3 is 0 Å². The maximum atomic E-state index is 4.39. The van der Waals surface area contributed by atoms with E-state index in [1.165, 1.54) is 21.5 Å². The van der Waals surface area contributed by atoms with E-state index in [1.54, 1.807) is 0 Å². The zero-order chi connectivity index (χ0) is 18.7. The Bertz CT molecular complexity index is 965. The Morgan fingerprint density at radius 3 is 1.30 bits per heavy atom. The van der Waals surface area contributed by atoms with Crippen LogP contribution in [0.5, 0.6) is 0 Å². The quantitative estimate of drug-likeness (QED) is 0.518. The molecule has 4 nitrogen and oxygen atoms in total. The van der Waals surface area contributed by atoms with Gasteiger partial charge in [-0.1, -0.05) is 13.1 Å². The first-order valence-corrected chi connectivity index (χ1v) is 11.9. The Balaban J connectivity index is 1.90. The molecule has 0 saturated heterocycles. The highest BCUT2D eigenvalue weighted by Gasteiger charge is 2.31. The van der Waals surface area contributed by atoms with Gasteiger partial charge in [0, 0.05) is 49.6 Å². The third-order valence-electron chi connectivity index (χ3n) is 4.97. The average molecular weight is 369 g/mol. The molecule has 0 saturated carbocycles. The SMILES string of the molecule is C[Si](C)(c1ccncc1-c1ccncc1)c1ccncc1-c1ccncc1. The van der Waals surface area contributed by atoms with Gasteiger partial charge in [-0.2, -0.15) is 0 Å². The molecule has 0 aliphatic heterocycles. The van der Waals surface area contributed by atoms with Crippen LogP contribution in [0.3, 0.4) is 0 Å². The third kappa shape index (κ3) is 3.29. The molecule has 4 rings (SSSR count). The lowest BCUT2D eigenvalue weighted by molar-refractivity contribution is 1.30. The van der Waals surface area contributed by atoms with Crippen LogP contribution < -0.4 is 10.4 Å². The topological polar surface area (TPSA) is 51.6 Å². The highest BCUT2D eigenvalue weighted by molar-refractivity contribution is 7.01. The molecule has 0 fully saturated rings. The van der Waals surface area contributed by atoms with Crippen molar-refractivity contribution in [2.24, 2.45) is 0 Å². The van der Waals surface area contributed by atoms with E-state index in [9.17, 15) is 0 Å². The Kier molecular flexibility index (Phi) is 4.60. The van der Waals surface area contributed by atoms with Gasteiger partial charge >= 0.3 is 0 Å². The van der Waals surface area contributed by atoms with Crippen molar-refractivity contribution in [2.45, 2.75) is 13.1 Å². The van der Waals surface area contributed by atoms with E-state index >= 15 is 0 Å². The maximum absolute atomic E-state index is 4.39. The fourth-order valence-corrected chi connectivity index (χ4v) is 6.58. The van der Waals surface area contributed by atoms with Gasteiger partial charge in [0.25, 0.3) is 0 Å². The summed E-state index contributed by atoms with van der Waals surface area (Å²) < 4.78 is 0. The molecular weight excluding hydrogens is 348 g/mol. The van der Waals surface area contributed by atoms with Crippen LogP contribution in [0.25, 0.3) is 22.3 Å². The van der Waals surface area contributed by atoms with Crippen LogP contribution in [0.2, 0.25) is 13.1 Å². The predicted octanol–water partition coefficient (Wildman–Crippen LogP) is 3.42. The fourth-order valence-electron chi connectivity index (χ4n) is 3.55. The van der Waals surface area contributed by atoms with Crippen molar-refractivity contribution < 1.29 is 0 Å². The standard InChI is InChI=1S/C22H20N4Si/c1-27(2,21-7-13-25-15-19(21)17-3-9-23-10-4-17)22-8-14-26-16-20(22)18-5-11-24-12-6-18/h3-16H,1-2H3. The van der Waals surface area contributed by atoms with Crippen molar-refractivity contribution in [1.82, 2.24) is 19.9 Å². The summed E-state index contributed by atoms with van der Waals surface area (Å²) in [6.45, 7) is 4.76. The molecule has 0 aliphatic carbocycles. The van der Waals surface area contributed by atoms with Crippen molar-refractivity contribution >= 4 is 18.4 Å². The number of rotatable bonds is 4. The van der Waals surface area contributed by atoms with Crippen molar-refractivity contribution in [3.8, 4) is 22.3 Å². The monoisotopic (exact) mass is 368 g/mol. The minimum atomic E-state index is -2.03. The van der Waals surface area contributed by atoms with E-state index < -0.39 is 8.07 Å². The summed E-state index contributed by atoms with van der Waals surface area (Å²) in [7, 11) is -2.03. The van der Waals surface area contributed by atoms with Crippen molar-refractivity contribution in [3.63, 3.8) is 0 Å². The summed E-state index contributed by atoms with van der Waals surface area (Å²) in [5.74, 6) is 0. The largest absolute Gasteiger partial charge is 0.265 e. The second kappa shape index (κ2) is 7.21. The molecule has 27 heavy (non-hydrogen) atoms. The van der Waals surface area contributed by atoms with Gasteiger partial charge in [-0.25, -0.2) is 0 Å². The van der Waals surface area contributed by atoms with Gasteiger partial charge in [0.2, 0.25) is 0 Å². The minimum absolute atomic E-state index is 1.15. The summed E-state index contributed by atoms with van der Waals surface area (Å²) in [5.41, 5.74) is 4.64. The van der Waals surface area contributed by atoms with Crippen LogP contribution in [0.4, 0.5) is 0 Å². The van der Waals surface area contributed by atoms with Gasteiger partial charge in [-0.3, -0.25) is 19.9 Å². The highest BCUT2D eigenvalue weighted by Crippen LogP contribution is 2.23. The minimum Gasteiger partial charge on any atom is -0.265 e. The molecular formula is C22H20N4Si. The second-order valence-corrected chi connectivity index (χ2v) is 11.3. The molecule has 0 amide bonds. The molecule has 0 N–H and O–H groups in total. The first-order chi connectivity index (χ1) is 13.2. The smallest absolute Gasteiger partial charge is 0.114 e. The van der Waals surface area contributed by atoms with Gasteiger partial charge in [-0.05, 0) is 69.0 Å². The second-order valence-electron chi connectivity index (χ2n) is 6.94. The number of hydrogen-bond donors (Lipinski definition) is 0. The van der Waals surface area contributed by atoms with E-state index in [4.69, 9.17) is 0 Å². The average Bonchev–Trinajstić information content (AvgIpc) is 2.75. The molecule has 0 radical (unpaired) electrons. The summed E-state index contributed by atoms with van der Waals surface area (Å²) >= 11 is 0. The summed E-state index contributed by atoms with van der Waals surface area (Å²) in [4.78, 5) is 17.1. The molecule has 4 heterocycles. The molecule has 4 aromatic heterocycles. The number of pyridine rings is 4. The first kappa shape index (κ1) is 17.2. The molecule has 0 aromatic carbocycles. The summed E-state index contributed by atoms with van der Waals surface area (Å²) in [5, 5.41) is 2.70. The maximum Gasteiger partial charge on any atom is 0.114 e. The van der Waals surface area contributed by atoms with Gasteiger partial charge in [-0.15, -0.1) is 0 Å². The van der Waals surface area contributed by atoms with Crippen molar-refractivity contribution in [2.75, 3.05) is 0 Å². The zero-order valence-electron chi connectivity index (χ0n) is 15.4. The first-order valence-electron chi connectivity index (χ1n) is 8.87. The molecule has 4 aromatic rings. The van der Waals surface area contributed by atoms with Crippen LogP contribution in [-0.2, 0) is 0 Å². The lowest BCUT2D eigenvalue weighted by Crippen LogP contribution is -2.54. The zero-order valence-corrected chi connectivity index (χ0v) is 16.4. The summed E-state index contributed by atoms with van der Waals surface area (Å²) in [6.07, 6.45) is 15.0. The van der Waals surface area contributed by atoms with Gasteiger partial charge in [0.05, 0.1) is 0 Å². The molecule has 0 spiro atoms. The number of hydrogen-bond acceptors (Lipinski definition) is 4. The Hall–Kier alpha value is -3.18. The van der Waals surface area contributed by atoms with Crippen LogP contribution in [0, 0.1) is 0 Å². The fraction of sp³-hybridized carbons (Fsp3) is 0.0909. The lowest BCUT2D eigenvalue weighted by atomic mass is 10.1. The molecule has 0 unspecified atom stereocenters. The molecule has 5 heteroatoms. The molecule has 0 aliphatic rings. The third-order valence-corrected chi connectivity index (χ3v) is 8.54. The number of aromatic nitrogens is 4. The summed E-state index contributed by atoms with van der Waals surface area (Å²) in [6, 6.07) is 12.5. The Morgan fingerprint density at radius 2 is 0.889 bits per heavy atom. The Labute approximate surface area is 160 Å². The van der Waals surface area contributed by atoms with Crippen LogP contribution in [0.1, 0.15) is 0 Å². The van der Waals surface area contributed by atoms with Crippen LogP contribution in [-0.4, -0.2) is 28.0 Å². The van der Waals surface area contributed by atoms with Crippen LogP contribution >= 0.6 is 0 Å². The van der Waals surface area contributed by atoms with E-state index in [0.29, 0.717) is 0 Å².